The van der Waals surface area contributed by atoms with Gasteiger partial charge in [0.2, 0.25) is 5.91 Å². The quantitative estimate of drug-likeness (QED) is 0.804. The van der Waals surface area contributed by atoms with Gasteiger partial charge in [0, 0.05) is 24.2 Å². The molecule has 0 radical (unpaired) electrons. The van der Waals surface area contributed by atoms with Gasteiger partial charge in [-0.1, -0.05) is 42.5 Å². The van der Waals surface area contributed by atoms with Gasteiger partial charge < -0.3 is 10.6 Å². The summed E-state index contributed by atoms with van der Waals surface area (Å²) in [7, 11) is 0. The van der Waals surface area contributed by atoms with Crippen molar-refractivity contribution in [1.82, 2.24) is 0 Å². The van der Waals surface area contributed by atoms with E-state index in [1.54, 1.807) is 6.92 Å². The van der Waals surface area contributed by atoms with Crippen LogP contribution in [0.5, 0.6) is 0 Å². The predicted octanol–water partition coefficient (Wildman–Crippen LogP) is 4.47. The number of carbonyl (C=O) groups is 1. The Morgan fingerprint density at radius 3 is 2.78 bits per heavy atom. The Morgan fingerprint density at radius 1 is 1.17 bits per heavy atom. The first-order valence-electron chi connectivity index (χ1n) is 8.12. The van der Waals surface area contributed by atoms with Crippen molar-refractivity contribution in [2.45, 2.75) is 25.3 Å². The third-order valence-electron chi connectivity index (χ3n) is 4.84. The van der Waals surface area contributed by atoms with E-state index in [4.69, 9.17) is 0 Å². The molecule has 2 aromatic carbocycles. The van der Waals surface area contributed by atoms with Crippen LogP contribution in [-0.2, 0) is 4.79 Å². The van der Waals surface area contributed by atoms with Gasteiger partial charge in [0.15, 0.2) is 0 Å². The molecule has 0 spiro atoms. The number of fused-ring (bicyclic) bond motifs is 3. The van der Waals surface area contributed by atoms with Gasteiger partial charge in [-0.15, -0.1) is 0 Å². The number of amides is 1. The zero-order valence-electron chi connectivity index (χ0n) is 13.1. The minimum absolute atomic E-state index is 0.0330. The van der Waals surface area contributed by atoms with Crippen molar-refractivity contribution in [1.29, 1.82) is 0 Å². The number of carbonyl (C=O) groups excluding carboxylic acids is 1. The Hall–Kier alpha value is -2.55. The van der Waals surface area contributed by atoms with Crippen LogP contribution in [0.2, 0.25) is 0 Å². The number of rotatable bonds is 2. The molecule has 3 atom stereocenters. The fourth-order valence-electron chi connectivity index (χ4n) is 3.87. The van der Waals surface area contributed by atoms with Crippen LogP contribution in [0.1, 0.15) is 36.4 Å². The summed E-state index contributed by atoms with van der Waals surface area (Å²) in [6.07, 6.45) is 5.69. The second-order valence-electron chi connectivity index (χ2n) is 6.37. The average Bonchev–Trinajstić information content (AvgIpc) is 3.04. The smallest absolute Gasteiger partial charge is 0.221 e. The zero-order chi connectivity index (χ0) is 15.8. The van der Waals surface area contributed by atoms with Crippen molar-refractivity contribution in [2.75, 3.05) is 10.6 Å². The third kappa shape index (κ3) is 2.52. The number of nitrogens with one attached hydrogen (secondary N) is 2. The lowest BCUT2D eigenvalue weighted by Crippen LogP contribution is -2.29. The Labute approximate surface area is 136 Å². The second kappa shape index (κ2) is 5.58. The fourth-order valence-corrected chi connectivity index (χ4v) is 3.87. The molecule has 0 unspecified atom stereocenters. The molecule has 4 rings (SSSR count). The number of benzene rings is 2. The van der Waals surface area contributed by atoms with Gasteiger partial charge in [-0.3, -0.25) is 4.79 Å². The molecule has 0 aromatic heterocycles. The van der Waals surface area contributed by atoms with E-state index < -0.39 is 0 Å². The molecular formula is C20H20N2O. The molecule has 2 aliphatic rings. The highest BCUT2D eigenvalue weighted by Crippen LogP contribution is 2.50. The average molecular weight is 304 g/mol. The summed E-state index contributed by atoms with van der Waals surface area (Å²) >= 11 is 0. The standard InChI is InChI=1S/C20H20N2O/c1-13(23)21-15-10-11-19-18(12-15)16-8-5-9-17(16)20(22-19)14-6-3-2-4-7-14/h2-8,10-12,16-17,20,22H,9H2,1H3,(H,21,23)/t16-,17+,20-/m0/s1. The largest absolute Gasteiger partial charge is 0.378 e. The fraction of sp³-hybridized carbons (Fsp3) is 0.250. The molecule has 0 saturated heterocycles. The third-order valence-corrected chi connectivity index (χ3v) is 4.84. The van der Waals surface area contributed by atoms with E-state index in [9.17, 15) is 4.79 Å². The van der Waals surface area contributed by atoms with E-state index in [1.807, 2.05) is 6.07 Å². The van der Waals surface area contributed by atoms with Crippen LogP contribution in [-0.4, -0.2) is 5.91 Å². The minimum Gasteiger partial charge on any atom is -0.378 e. The van der Waals surface area contributed by atoms with E-state index in [0.717, 1.165) is 12.1 Å². The van der Waals surface area contributed by atoms with Crippen LogP contribution in [0, 0.1) is 5.92 Å². The Kier molecular flexibility index (Phi) is 3.41. The summed E-state index contributed by atoms with van der Waals surface area (Å²) in [6.45, 7) is 1.54. The van der Waals surface area contributed by atoms with Gasteiger partial charge >= 0.3 is 0 Å². The molecule has 116 valence electrons. The first-order chi connectivity index (χ1) is 11.2. The van der Waals surface area contributed by atoms with Crippen LogP contribution in [0.4, 0.5) is 11.4 Å². The highest BCUT2D eigenvalue weighted by atomic mass is 16.1. The summed E-state index contributed by atoms with van der Waals surface area (Å²) in [5.74, 6) is 0.900. The summed E-state index contributed by atoms with van der Waals surface area (Å²) in [4.78, 5) is 11.3. The lowest BCUT2D eigenvalue weighted by molar-refractivity contribution is -0.114. The molecule has 3 nitrogen and oxygen atoms in total. The van der Waals surface area contributed by atoms with Gasteiger partial charge in [-0.25, -0.2) is 0 Å². The van der Waals surface area contributed by atoms with Crippen molar-refractivity contribution in [3.05, 3.63) is 71.8 Å². The van der Waals surface area contributed by atoms with Crippen molar-refractivity contribution < 1.29 is 4.79 Å². The van der Waals surface area contributed by atoms with Gasteiger partial charge in [-0.2, -0.15) is 0 Å². The molecule has 1 aliphatic heterocycles. The maximum Gasteiger partial charge on any atom is 0.221 e. The Morgan fingerprint density at radius 2 is 2.00 bits per heavy atom. The Balaban J connectivity index is 1.73. The lowest BCUT2D eigenvalue weighted by Gasteiger charge is -2.37. The van der Waals surface area contributed by atoms with E-state index >= 15 is 0 Å². The molecule has 0 bridgehead atoms. The molecule has 2 N–H and O–H groups in total. The predicted molar refractivity (Wildman–Crippen MR) is 93.5 cm³/mol. The van der Waals surface area contributed by atoms with E-state index in [0.29, 0.717) is 17.9 Å². The highest BCUT2D eigenvalue weighted by molar-refractivity contribution is 5.89. The molecule has 2 aromatic rings. The molecule has 23 heavy (non-hydrogen) atoms. The van der Waals surface area contributed by atoms with Crippen molar-refractivity contribution in [3.63, 3.8) is 0 Å². The van der Waals surface area contributed by atoms with Crippen molar-refractivity contribution >= 4 is 17.3 Å². The van der Waals surface area contributed by atoms with Gasteiger partial charge in [0.05, 0.1) is 6.04 Å². The van der Waals surface area contributed by atoms with Crippen LogP contribution in [0.25, 0.3) is 0 Å². The molecule has 3 heteroatoms. The van der Waals surface area contributed by atoms with Crippen LogP contribution < -0.4 is 10.6 Å². The number of anilines is 2. The molecule has 1 heterocycles. The summed E-state index contributed by atoms with van der Waals surface area (Å²) < 4.78 is 0. The van der Waals surface area contributed by atoms with Crippen LogP contribution >= 0.6 is 0 Å². The second-order valence-corrected chi connectivity index (χ2v) is 6.37. The van der Waals surface area contributed by atoms with Gasteiger partial charge in [0.25, 0.3) is 0 Å². The van der Waals surface area contributed by atoms with Crippen LogP contribution in [0.15, 0.2) is 60.7 Å². The highest BCUT2D eigenvalue weighted by Gasteiger charge is 2.37. The van der Waals surface area contributed by atoms with E-state index in [-0.39, 0.29) is 5.91 Å². The number of allylic oxidation sites excluding steroid dienone is 2. The first kappa shape index (κ1) is 14.1. The molecular weight excluding hydrogens is 284 g/mol. The minimum atomic E-state index is -0.0330. The SMILES string of the molecule is CC(=O)Nc1ccc2c(c1)[C@H]1C=CC[C@H]1[C@H](c1ccccc1)N2. The Bertz CT molecular complexity index is 766. The first-order valence-corrected chi connectivity index (χ1v) is 8.12. The molecule has 1 amide bonds. The number of hydrogen-bond donors (Lipinski definition) is 2. The molecule has 0 fully saturated rings. The summed E-state index contributed by atoms with van der Waals surface area (Å²) in [5, 5.41) is 6.60. The monoisotopic (exact) mass is 304 g/mol. The van der Waals surface area contributed by atoms with Crippen molar-refractivity contribution in [2.24, 2.45) is 5.92 Å². The van der Waals surface area contributed by atoms with Gasteiger partial charge in [0.1, 0.15) is 0 Å². The summed E-state index contributed by atoms with van der Waals surface area (Å²) in [5.41, 5.74) is 4.65. The normalized spacial score (nSPS) is 24.5. The molecule has 1 aliphatic carbocycles. The topological polar surface area (TPSA) is 41.1 Å². The van der Waals surface area contributed by atoms with E-state index in [2.05, 4.69) is 65.3 Å². The molecule has 0 saturated carbocycles. The number of hydrogen-bond acceptors (Lipinski definition) is 2. The maximum absolute atomic E-state index is 11.3. The summed E-state index contributed by atoms with van der Waals surface area (Å²) in [6, 6.07) is 17.1. The van der Waals surface area contributed by atoms with E-state index in [1.165, 1.54) is 16.8 Å². The van der Waals surface area contributed by atoms with Gasteiger partial charge in [-0.05, 0) is 41.7 Å². The zero-order valence-corrected chi connectivity index (χ0v) is 13.1. The van der Waals surface area contributed by atoms with Crippen molar-refractivity contribution in [3.8, 4) is 0 Å². The van der Waals surface area contributed by atoms with Crippen LogP contribution in [0.3, 0.4) is 0 Å². The maximum atomic E-state index is 11.3. The lowest BCUT2D eigenvalue weighted by atomic mass is 9.77.